The van der Waals surface area contributed by atoms with E-state index in [-0.39, 0.29) is 17.8 Å². The van der Waals surface area contributed by atoms with Gasteiger partial charge in [-0.25, -0.2) is 0 Å². The van der Waals surface area contributed by atoms with Gasteiger partial charge in [-0.05, 0) is 18.2 Å². The Bertz CT molecular complexity index is 660. The van der Waals surface area contributed by atoms with Crippen LogP contribution in [0, 0.1) is 0 Å². The fourth-order valence-corrected chi connectivity index (χ4v) is 5.76. The topological polar surface area (TPSA) is 83.6 Å². The summed E-state index contributed by atoms with van der Waals surface area (Å²) in [7, 11) is 0. The van der Waals surface area contributed by atoms with E-state index in [4.69, 9.17) is 28.9 Å². The first-order valence-corrected chi connectivity index (χ1v) is 9.01. The number of fused-ring (bicyclic) bond motifs is 1. The van der Waals surface area contributed by atoms with E-state index in [0.29, 0.717) is 20.7 Å². The van der Waals surface area contributed by atoms with Crippen LogP contribution in [0.1, 0.15) is 0 Å². The lowest BCUT2D eigenvalue weighted by molar-refractivity contribution is -0.148. The monoisotopic (exact) mass is 378 g/mol. The molecule has 0 bridgehead atoms. The van der Waals surface area contributed by atoms with Crippen molar-refractivity contribution in [2.75, 3.05) is 12.3 Å². The molecular weight excluding hydrogens is 367 g/mol. The molecule has 0 radical (unpaired) electrons. The van der Waals surface area contributed by atoms with Crippen LogP contribution in [0.5, 0.6) is 0 Å². The Morgan fingerprint density at radius 2 is 2.23 bits per heavy atom. The summed E-state index contributed by atoms with van der Waals surface area (Å²) in [6.45, 7) is 0.111. The van der Waals surface area contributed by atoms with Crippen molar-refractivity contribution in [2.45, 2.75) is 21.1 Å². The van der Waals surface area contributed by atoms with Gasteiger partial charge in [0.15, 0.2) is 0 Å². The molecule has 9 heteroatoms. The van der Waals surface area contributed by atoms with E-state index in [0.717, 1.165) is 11.8 Å². The van der Waals surface area contributed by atoms with Gasteiger partial charge in [-0.2, -0.15) is 0 Å². The number of hydrogen-bond donors (Lipinski definition) is 2. The molecule has 5 nitrogen and oxygen atoms in total. The first-order chi connectivity index (χ1) is 10.3. The van der Waals surface area contributed by atoms with Crippen LogP contribution < -0.4 is 5.73 Å². The molecule has 0 aliphatic carbocycles. The zero-order valence-electron chi connectivity index (χ0n) is 11.2. The highest BCUT2D eigenvalue weighted by atomic mass is 35.5. The number of nitrogens with zero attached hydrogens (tertiary/aromatic N) is 1. The maximum atomic E-state index is 11.9. The van der Waals surface area contributed by atoms with E-state index in [1.807, 2.05) is 0 Å². The Labute approximate surface area is 145 Å². The van der Waals surface area contributed by atoms with Gasteiger partial charge in [0.1, 0.15) is 16.2 Å². The van der Waals surface area contributed by atoms with Gasteiger partial charge in [0, 0.05) is 22.2 Å². The smallest absolute Gasteiger partial charge is 0.322 e. The highest BCUT2D eigenvalue weighted by Gasteiger charge is 2.56. The first kappa shape index (κ1) is 16.3. The zero-order chi connectivity index (χ0) is 16.1. The minimum atomic E-state index is -1.16. The SMILES string of the molecule is N[C@@H]1C(=O)N2CC(Sc3cc(Cl)ccc3Cl)(C(=O)O)CS[C@H]12. The number of rotatable bonds is 3. The van der Waals surface area contributed by atoms with Crippen molar-refractivity contribution in [3.63, 3.8) is 0 Å². The van der Waals surface area contributed by atoms with Crippen molar-refractivity contribution in [1.82, 2.24) is 4.90 Å². The van der Waals surface area contributed by atoms with Crippen LogP contribution >= 0.6 is 46.7 Å². The largest absolute Gasteiger partial charge is 0.480 e. The molecule has 1 aromatic rings. The highest BCUT2D eigenvalue weighted by molar-refractivity contribution is 8.05. The molecule has 2 saturated heterocycles. The van der Waals surface area contributed by atoms with E-state index >= 15 is 0 Å². The maximum Gasteiger partial charge on any atom is 0.322 e. The van der Waals surface area contributed by atoms with E-state index in [1.165, 1.54) is 16.7 Å². The van der Waals surface area contributed by atoms with Crippen LogP contribution in [0.3, 0.4) is 0 Å². The summed E-state index contributed by atoms with van der Waals surface area (Å²) in [5, 5.41) is 10.5. The zero-order valence-corrected chi connectivity index (χ0v) is 14.3. The Morgan fingerprint density at radius 3 is 2.91 bits per heavy atom. The third kappa shape index (κ3) is 2.59. The number of aliphatic carboxylic acids is 1. The Balaban J connectivity index is 1.89. The lowest BCUT2D eigenvalue weighted by atomic mass is 10.0. The number of hydrogen-bond acceptors (Lipinski definition) is 5. The van der Waals surface area contributed by atoms with Gasteiger partial charge in [0.25, 0.3) is 0 Å². The lowest BCUT2D eigenvalue weighted by Gasteiger charge is -2.52. The highest BCUT2D eigenvalue weighted by Crippen LogP contribution is 2.47. The molecule has 0 spiro atoms. The van der Waals surface area contributed by atoms with Crippen LogP contribution in [0.4, 0.5) is 0 Å². The minimum absolute atomic E-state index is 0.111. The Morgan fingerprint density at radius 1 is 1.50 bits per heavy atom. The van der Waals surface area contributed by atoms with Gasteiger partial charge >= 0.3 is 5.97 Å². The molecule has 118 valence electrons. The number of carbonyl (C=O) groups excluding carboxylic acids is 1. The second kappa shape index (κ2) is 5.79. The minimum Gasteiger partial charge on any atom is -0.480 e. The summed E-state index contributed by atoms with van der Waals surface area (Å²) in [6, 6.07) is 4.38. The second-order valence-corrected chi connectivity index (χ2v) is 8.54. The van der Waals surface area contributed by atoms with Crippen molar-refractivity contribution in [2.24, 2.45) is 5.73 Å². The summed E-state index contributed by atoms with van der Waals surface area (Å²) >= 11 is 14.6. The summed E-state index contributed by atoms with van der Waals surface area (Å²) < 4.78 is -1.16. The third-order valence-electron chi connectivity index (χ3n) is 3.68. The quantitative estimate of drug-likeness (QED) is 0.783. The summed E-state index contributed by atoms with van der Waals surface area (Å²) in [5.74, 6) is -0.841. The van der Waals surface area contributed by atoms with Gasteiger partial charge in [-0.15, -0.1) is 23.5 Å². The fraction of sp³-hybridized carbons (Fsp3) is 0.385. The van der Waals surface area contributed by atoms with Crippen molar-refractivity contribution in [3.05, 3.63) is 28.2 Å². The van der Waals surface area contributed by atoms with E-state index in [1.54, 1.807) is 18.2 Å². The first-order valence-electron chi connectivity index (χ1n) is 6.39. The summed E-state index contributed by atoms with van der Waals surface area (Å²) in [6.07, 6.45) is 0. The number of carboxylic acid groups (broad SMARTS) is 1. The van der Waals surface area contributed by atoms with Crippen LogP contribution in [0.15, 0.2) is 23.1 Å². The van der Waals surface area contributed by atoms with Gasteiger partial charge in [-0.1, -0.05) is 23.2 Å². The molecule has 3 rings (SSSR count). The number of nitrogens with two attached hydrogens (primary N) is 1. The van der Waals surface area contributed by atoms with Crippen molar-refractivity contribution in [1.29, 1.82) is 0 Å². The molecule has 1 aromatic carbocycles. The Kier molecular flexibility index (Phi) is 4.28. The van der Waals surface area contributed by atoms with E-state index in [2.05, 4.69) is 0 Å². The third-order valence-corrected chi connectivity index (χ3v) is 7.49. The average Bonchev–Trinajstić information content (AvgIpc) is 2.50. The molecule has 1 unspecified atom stereocenters. The predicted molar refractivity (Wildman–Crippen MR) is 88.6 cm³/mol. The number of thioether (sulfide) groups is 2. The average molecular weight is 379 g/mol. The van der Waals surface area contributed by atoms with Gasteiger partial charge in [-0.3, -0.25) is 9.59 Å². The lowest BCUT2D eigenvalue weighted by Crippen LogP contribution is -2.73. The molecule has 0 saturated carbocycles. The van der Waals surface area contributed by atoms with Gasteiger partial charge < -0.3 is 15.7 Å². The molecule has 3 N–H and O–H groups in total. The molecule has 3 atom stereocenters. The van der Waals surface area contributed by atoms with Crippen LogP contribution in [-0.2, 0) is 9.59 Å². The molecule has 0 aromatic heterocycles. The number of halogens is 2. The summed E-state index contributed by atoms with van der Waals surface area (Å²) in [5.41, 5.74) is 5.73. The summed E-state index contributed by atoms with van der Waals surface area (Å²) in [4.78, 5) is 25.8. The predicted octanol–water partition coefficient (Wildman–Crippen LogP) is 2.15. The number of β-lactam (4-membered cyclic amide) rings is 1. The molecule has 1 amide bonds. The van der Waals surface area contributed by atoms with Crippen LogP contribution in [0.25, 0.3) is 0 Å². The number of amides is 1. The standard InChI is InChI=1S/C13H12Cl2N2O3S2/c14-6-1-2-7(15)8(3-6)22-13(12(19)20)4-17-10(18)9(16)11(17)21-5-13/h1-3,9,11H,4-5,16H2,(H,19,20)/t9-,11-,13?/m1/s1. The van der Waals surface area contributed by atoms with Crippen molar-refractivity contribution < 1.29 is 14.7 Å². The molecular formula is C13H12Cl2N2O3S2. The van der Waals surface area contributed by atoms with Crippen molar-refractivity contribution >= 4 is 58.6 Å². The van der Waals surface area contributed by atoms with Crippen LogP contribution in [-0.4, -0.2) is 50.3 Å². The maximum absolute atomic E-state index is 11.9. The molecule has 2 aliphatic heterocycles. The van der Waals surface area contributed by atoms with Crippen LogP contribution in [0.2, 0.25) is 10.0 Å². The van der Waals surface area contributed by atoms with Gasteiger partial charge in [0.2, 0.25) is 5.91 Å². The van der Waals surface area contributed by atoms with E-state index < -0.39 is 16.8 Å². The van der Waals surface area contributed by atoms with Crippen molar-refractivity contribution in [3.8, 4) is 0 Å². The van der Waals surface area contributed by atoms with E-state index in [9.17, 15) is 14.7 Å². The number of carbonyl (C=O) groups is 2. The fourth-order valence-electron chi connectivity index (χ4n) is 2.45. The molecule has 22 heavy (non-hydrogen) atoms. The normalized spacial score (nSPS) is 30.7. The second-order valence-electron chi connectivity index (χ2n) is 5.17. The number of carboxylic acids is 1. The molecule has 2 fully saturated rings. The molecule has 2 aliphatic rings. The molecule has 2 heterocycles. The Hall–Kier alpha value is -0.600. The van der Waals surface area contributed by atoms with Gasteiger partial charge in [0.05, 0.1) is 5.02 Å². The number of benzene rings is 1.